The number of oxime groups is 1. The number of nitrogens with one attached hydrogen (secondary N) is 1. The molecule has 33 heavy (non-hydrogen) atoms. The second-order valence-corrected chi connectivity index (χ2v) is 8.72. The Morgan fingerprint density at radius 3 is 2.67 bits per heavy atom. The zero-order valence-electron chi connectivity index (χ0n) is 18.0. The fourth-order valence-corrected chi connectivity index (χ4v) is 4.84. The number of imidazole rings is 1. The van der Waals surface area contributed by atoms with E-state index in [0.29, 0.717) is 34.4 Å². The van der Waals surface area contributed by atoms with Crippen LogP contribution in [0, 0.1) is 0 Å². The summed E-state index contributed by atoms with van der Waals surface area (Å²) in [6, 6.07) is 8.83. The lowest BCUT2D eigenvalue weighted by molar-refractivity contribution is -0.137. The molecule has 2 N–H and O–H groups in total. The molecular formula is C25H24F3N3O2. The number of nitrogens with zero attached hydrogens (tertiary/aromatic N) is 2. The van der Waals surface area contributed by atoms with Gasteiger partial charge in [-0.3, -0.25) is 0 Å². The number of aliphatic hydroxyl groups is 1. The number of fused-ring (bicyclic) bond motifs is 1. The highest BCUT2D eigenvalue weighted by molar-refractivity contribution is 6.02. The highest BCUT2D eigenvalue weighted by Gasteiger charge is 2.41. The number of aliphatic hydroxyl groups excluding tert-OH is 1. The van der Waals surface area contributed by atoms with Gasteiger partial charge in [0.05, 0.1) is 23.2 Å². The predicted octanol–water partition coefficient (Wildman–Crippen LogP) is 6.08. The van der Waals surface area contributed by atoms with E-state index in [1.807, 2.05) is 0 Å². The first-order valence-electron chi connectivity index (χ1n) is 11.1. The first-order valence-corrected chi connectivity index (χ1v) is 11.1. The molecule has 0 atom stereocenters. The van der Waals surface area contributed by atoms with E-state index in [9.17, 15) is 18.3 Å². The Labute approximate surface area is 189 Å². The largest absolute Gasteiger partial charge is 0.417 e. The summed E-state index contributed by atoms with van der Waals surface area (Å²) in [6.45, 7) is -0.186. The molecule has 8 heteroatoms. The Kier molecular flexibility index (Phi) is 5.48. The lowest BCUT2D eigenvalue weighted by Gasteiger charge is -2.30. The molecule has 5 rings (SSSR count). The van der Waals surface area contributed by atoms with E-state index in [2.05, 4.69) is 15.1 Å². The Morgan fingerprint density at radius 2 is 1.91 bits per heavy atom. The third-order valence-corrected chi connectivity index (χ3v) is 6.45. The first kappa shape index (κ1) is 21.7. The fourth-order valence-electron chi connectivity index (χ4n) is 4.84. The second kappa shape index (κ2) is 8.33. The van der Waals surface area contributed by atoms with Crippen molar-refractivity contribution in [2.24, 2.45) is 5.16 Å². The summed E-state index contributed by atoms with van der Waals surface area (Å²) in [5, 5.41) is 13.6. The molecule has 1 saturated carbocycles. The summed E-state index contributed by atoms with van der Waals surface area (Å²) >= 11 is 0. The SMILES string of the molecule is OC/C=C\c1cc(-c2ccccc2C(F)(F)F)cc2nc(C3=NOC4(CCCCC4)C3)[nH]c12. The van der Waals surface area contributed by atoms with Crippen LogP contribution in [0.2, 0.25) is 0 Å². The lowest BCUT2D eigenvalue weighted by atomic mass is 9.81. The van der Waals surface area contributed by atoms with Crippen LogP contribution in [0.4, 0.5) is 13.2 Å². The highest BCUT2D eigenvalue weighted by atomic mass is 19.4. The zero-order valence-corrected chi connectivity index (χ0v) is 18.0. The summed E-state index contributed by atoms with van der Waals surface area (Å²) in [4.78, 5) is 13.8. The van der Waals surface area contributed by atoms with Crippen molar-refractivity contribution in [1.82, 2.24) is 9.97 Å². The van der Waals surface area contributed by atoms with E-state index in [0.717, 1.165) is 37.5 Å². The van der Waals surface area contributed by atoms with Crippen LogP contribution in [-0.2, 0) is 11.0 Å². The molecule has 1 fully saturated rings. The summed E-state index contributed by atoms with van der Waals surface area (Å²) < 4.78 is 40.9. The molecule has 1 aliphatic heterocycles. The molecule has 0 unspecified atom stereocenters. The van der Waals surface area contributed by atoms with Crippen molar-refractivity contribution < 1.29 is 23.1 Å². The van der Waals surface area contributed by atoms with Crippen LogP contribution in [-0.4, -0.2) is 33.0 Å². The Hall–Kier alpha value is -3.13. The molecule has 3 aromatic rings. The molecule has 2 heterocycles. The standard InChI is InChI=1S/C25H24F3N3O2/c26-25(27,28)19-9-3-2-8-18(19)17-13-16(7-6-12-32)22-20(14-17)29-23(30-22)21-15-24(33-31-21)10-4-1-5-11-24/h2-3,6-9,13-14,32H,1,4-5,10-12,15H2,(H,29,30)/b7-6-. The normalized spacial score (nSPS) is 18.2. The average molecular weight is 455 g/mol. The minimum absolute atomic E-state index is 0.0813. The summed E-state index contributed by atoms with van der Waals surface area (Å²) in [7, 11) is 0. The van der Waals surface area contributed by atoms with Crippen molar-refractivity contribution in [1.29, 1.82) is 0 Å². The maximum Gasteiger partial charge on any atom is 0.417 e. The van der Waals surface area contributed by atoms with Crippen molar-refractivity contribution in [3.05, 3.63) is 59.4 Å². The molecule has 1 spiro atoms. The lowest BCUT2D eigenvalue weighted by Crippen LogP contribution is -2.31. The Bertz CT molecular complexity index is 1240. The van der Waals surface area contributed by atoms with Crippen molar-refractivity contribution in [3.8, 4) is 11.1 Å². The summed E-state index contributed by atoms with van der Waals surface area (Å²) in [5.41, 5.74) is 2.09. The summed E-state index contributed by atoms with van der Waals surface area (Å²) in [6.07, 6.45) is 4.76. The maximum absolute atomic E-state index is 13.6. The zero-order chi connectivity index (χ0) is 23.1. The predicted molar refractivity (Wildman–Crippen MR) is 121 cm³/mol. The van der Waals surface area contributed by atoms with Gasteiger partial charge in [-0.25, -0.2) is 4.98 Å². The second-order valence-electron chi connectivity index (χ2n) is 8.72. The molecule has 172 valence electrons. The molecule has 1 aromatic heterocycles. The van der Waals surface area contributed by atoms with Crippen LogP contribution in [0.25, 0.3) is 28.2 Å². The van der Waals surface area contributed by atoms with Gasteiger partial charge >= 0.3 is 6.18 Å². The van der Waals surface area contributed by atoms with Gasteiger partial charge in [0.25, 0.3) is 0 Å². The number of hydrogen-bond acceptors (Lipinski definition) is 4. The van der Waals surface area contributed by atoms with Crippen LogP contribution >= 0.6 is 0 Å². The van der Waals surface area contributed by atoms with Crippen molar-refractivity contribution >= 4 is 22.8 Å². The van der Waals surface area contributed by atoms with Crippen LogP contribution in [0.1, 0.15) is 55.5 Å². The van der Waals surface area contributed by atoms with Gasteiger partial charge in [0.15, 0.2) is 5.82 Å². The minimum atomic E-state index is -4.48. The van der Waals surface area contributed by atoms with Crippen molar-refractivity contribution in [3.63, 3.8) is 0 Å². The van der Waals surface area contributed by atoms with Gasteiger partial charge in [-0.1, -0.05) is 41.9 Å². The smallest absolute Gasteiger partial charge is 0.392 e. The van der Waals surface area contributed by atoms with Gasteiger partial charge in [-0.2, -0.15) is 13.2 Å². The Balaban J connectivity index is 1.59. The van der Waals surface area contributed by atoms with Gasteiger partial charge in [0, 0.05) is 12.0 Å². The minimum Gasteiger partial charge on any atom is -0.392 e. The number of rotatable bonds is 4. The van der Waals surface area contributed by atoms with E-state index in [-0.39, 0.29) is 17.8 Å². The first-order chi connectivity index (χ1) is 15.9. The number of aromatic nitrogens is 2. The fraction of sp³-hybridized carbons (Fsp3) is 0.360. The van der Waals surface area contributed by atoms with Gasteiger partial charge in [-0.05, 0) is 55.0 Å². The van der Waals surface area contributed by atoms with E-state index >= 15 is 0 Å². The average Bonchev–Trinajstić information content (AvgIpc) is 3.42. The molecule has 2 aliphatic rings. The number of hydrogen-bond donors (Lipinski definition) is 2. The number of aromatic amines is 1. The monoisotopic (exact) mass is 455 g/mol. The number of halogens is 3. The molecular weight excluding hydrogens is 431 g/mol. The van der Waals surface area contributed by atoms with Crippen LogP contribution in [0.3, 0.4) is 0 Å². The van der Waals surface area contributed by atoms with Crippen LogP contribution in [0.5, 0.6) is 0 Å². The quantitative estimate of drug-likeness (QED) is 0.501. The molecule has 2 aromatic carbocycles. The molecule has 0 radical (unpaired) electrons. The third kappa shape index (κ3) is 4.15. The van der Waals surface area contributed by atoms with E-state index < -0.39 is 11.7 Å². The number of H-pyrrole nitrogens is 1. The Morgan fingerprint density at radius 1 is 1.12 bits per heavy atom. The van der Waals surface area contributed by atoms with Crippen LogP contribution in [0.15, 0.2) is 47.6 Å². The van der Waals surface area contributed by atoms with Crippen molar-refractivity contribution in [2.75, 3.05) is 6.61 Å². The van der Waals surface area contributed by atoms with E-state index in [1.54, 1.807) is 30.4 Å². The topological polar surface area (TPSA) is 70.5 Å². The van der Waals surface area contributed by atoms with Crippen LogP contribution < -0.4 is 0 Å². The van der Waals surface area contributed by atoms with Gasteiger partial charge < -0.3 is 14.9 Å². The van der Waals surface area contributed by atoms with Gasteiger partial charge in [0.2, 0.25) is 0 Å². The van der Waals surface area contributed by atoms with Gasteiger partial charge in [-0.15, -0.1) is 0 Å². The maximum atomic E-state index is 13.6. The molecule has 0 amide bonds. The number of alkyl halides is 3. The van der Waals surface area contributed by atoms with Gasteiger partial charge in [0.1, 0.15) is 11.3 Å². The van der Waals surface area contributed by atoms with Crippen molar-refractivity contribution in [2.45, 2.75) is 50.3 Å². The van der Waals surface area contributed by atoms with E-state index in [1.165, 1.54) is 18.6 Å². The highest BCUT2D eigenvalue weighted by Crippen LogP contribution is 2.41. The molecule has 0 bridgehead atoms. The molecule has 1 aliphatic carbocycles. The molecule has 5 nitrogen and oxygen atoms in total. The summed E-state index contributed by atoms with van der Waals surface area (Å²) in [5.74, 6) is 0.562. The van der Waals surface area contributed by atoms with E-state index in [4.69, 9.17) is 4.84 Å². The number of benzene rings is 2. The third-order valence-electron chi connectivity index (χ3n) is 6.45. The molecule has 0 saturated heterocycles.